The van der Waals surface area contributed by atoms with Crippen molar-refractivity contribution in [1.29, 1.82) is 0 Å². The zero-order valence-corrected chi connectivity index (χ0v) is 11.6. The summed E-state index contributed by atoms with van der Waals surface area (Å²) in [5, 5.41) is 8.70. The van der Waals surface area contributed by atoms with Gasteiger partial charge in [0.2, 0.25) is 5.91 Å². The molecule has 0 aromatic rings. The van der Waals surface area contributed by atoms with Gasteiger partial charge in [-0.05, 0) is 26.7 Å². The van der Waals surface area contributed by atoms with Crippen molar-refractivity contribution in [1.82, 2.24) is 4.90 Å². The van der Waals surface area contributed by atoms with Crippen molar-refractivity contribution < 1.29 is 14.7 Å². The summed E-state index contributed by atoms with van der Waals surface area (Å²) in [7, 11) is 0. The van der Waals surface area contributed by atoms with Crippen LogP contribution in [-0.2, 0) is 9.59 Å². The third-order valence-corrected chi connectivity index (χ3v) is 2.88. The third kappa shape index (κ3) is 6.29. The molecule has 1 amide bonds. The first-order valence-electron chi connectivity index (χ1n) is 6.20. The summed E-state index contributed by atoms with van der Waals surface area (Å²) in [5.41, 5.74) is -0.319. The van der Waals surface area contributed by atoms with Gasteiger partial charge in [0.15, 0.2) is 0 Å². The van der Waals surface area contributed by atoms with Crippen LogP contribution >= 0.6 is 0 Å². The predicted octanol–water partition coefficient (Wildman–Crippen LogP) is 2.52. The normalized spacial score (nSPS) is 13.2. The van der Waals surface area contributed by atoms with Crippen LogP contribution in [-0.4, -0.2) is 34.0 Å². The molecule has 1 unspecified atom stereocenters. The van der Waals surface area contributed by atoms with Crippen LogP contribution in [0.15, 0.2) is 0 Å². The van der Waals surface area contributed by atoms with Gasteiger partial charge in [-0.1, -0.05) is 20.3 Å². The van der Waals surface area contributed by atoms with Crippen LogP contribution < -0.4 is 0 Å². The van der Waals surface area contributed by atoms with Crippen LogP contribution in [0.25, 0.3) is 0 Å². The van der Waals surface area contributed by atoms with E-state index in [2.05, 4.69) is 6.92 Å². The second kappa shape index (κ2) is 6.62. The Balaban J connectivity index is 4.57. The molecule has 0 fully saturated rings. The van der Waals surface area contributed by atoms with Gasteiger partial charge in [0.05, 0.1) is 6.42 Å². The van der Waals surface area contributed by atoms with Crippen molar-refractivity contribution >= 4 is 11.9 Å². The Labute approximate surface area is 104 Å². The van der Waals surface area contributed by atoms with Gasteiger partial charge >= 0.3 is 5.97 Å². The summed E-state index contributed by atoms with van der Waals surface area (Å²) in [6.45, 7) is 10.2. The molecule has 1 N–H and O–H groups in total. The molecule has 100 valence electrons. The lowest BCUT2D eigenvalue weighted by molar-refractivity contribution is -0.141. The molecule has 0 spiro atoms. The molecular formula is C13H25NO3. The molecule has 1 atom stereocenters. The minimum absolute atomic E-state index is 0.00349. The fraction of sp³-hybridized carbons (Fsp3) is 0.846. The van der Waals surface area contributed by atoms with E-state index < -0.39 is 5.97 Å². The SMILES string of the molecule is CCC(C)CC(=O)N(CCC(=O)O)C(C)(C)C. The highest BCUT2D eigenvalue weighted by Crippen LogP contribution is 2.18. The Kier molecular flexibility index (Phi) is 6.21. The molecule has 0 aliphatic rings. The largest absolute Gasteiger partial charge is 0.481 e. The van der Waals surface area contributed by atoms with Crippen LogP contribution in [0.1, 0.15) is 53.9 Å². The van der Waals surface area contributed by atoms with E-state index in [-0.39, 0.29) is 24.4 Å². The van der Waals surface area contributed by atoms with Gasteiger partial charge < -0.3 is 10.0 Å². The highest BCUT2D eigenvalue weighted by molar-refractivity contribution is 5.78. The Bertz CT molecular complexity index is 268. The number of hydrogen-bond acceptors (Lipinski definition) is 2. The van der Waals surface area contributed by atoms with Gasteiger partial charge in [-0.15, -0.1) is 0 Å². The first-order valence-corrected chi connectivity index (χ1v) is 6.20. The van der Waals surface area contributed by atoms with Gasteiger partial charge in [0, 0.05) is 18.5 Å². The quantitative estimate of drug-likeness (QED) is 0.780. The zero-order valence-electron chi connectivity index (χ0n) is 11.6. The van der Waals surface area contributed by atoms with E-state index >= 15 is 0 Å². The van der Waals surface area contributed by atoms with Crippen molar-refractivity contribution in [3.63, 3.8) is 0 Å². The Morgan fingerprint density at radius 2 is 1.82 bits per heavy atom. The molecule has 0 rings (SSSR count). The van der Waals surface area contributed by atoms with E-state index in [0.29, 0.717) is 12.3 Å². The van der Waals surface area contributed by atoms with Crippen molar-refractivity contribution in [2.24, 2.45) is 5.92 Å². The first-order chi connectivity index (χ1) is 7.68. The molecular weight excluding hydrogens is 218 g/mol. The first kappa shape index (κ1) is 15.9. The molecule has 4 nitrogen and oxygen atoms in total. The molecule has 0 aliphatic heterocycles. The van der Waals surface area contributed by atoms with Crippen molar-refractivity contribution in [3.05, 3.63) is 0 Å². The number of carboxylic acid groups (broad SMARTS) is 1. The summed E-state index contributed by atoms with van der Waals surface area (Å²) in [4.78, 5) is 24.4. The number of rotatable bonds is 6. The zero-order chi connectivity index (χ0) is 13.6. The average molecular weight is 243 g/mol. The molecule has 17 heavy (non-hydrogen) atoms. The summed E-state index contributed by atoms with van der Waals surface area (Å²) in [6, 6.07) is 0. The maximum atomic E-state index is 12.1. The van der Waals surface area contributed by atoms with Gasteiger partial charge in [0.1, 0.15) is 0 Å². The fourth-order valence-electron chi connectivity index (χ4n) is 1.59. The van der Waals surface area contributed by atoms with E-state index in [1.165, 1.54) is 0 Å². The standard InChI is InChI=1S/C13H25NO3/c1-6-10(2)9-11(15)14(13(3,4)5)8-7-12(16)17/h10H,6-9H2,1-5H3,(H,16,17). The number of carbonyl (C=O) groups is 2. The second-order valence-corrected chi connectivity index (χ2v) is 5.58. The smallest absolute Gasteiger partial charge is 0.305 e. The predicted molar refractivity (Wildman–Crippen MR) is 67.8 cm³/mol. The minimum Gasteiger partial charge on any atom is -0.481 e. The lowest BCUT2D eigenvalue weighted by atomic mass is 10.00. The van der Waals surface area contributed by atoms with Crippen LogP contribution in [0.5, 0.6) is 0 Å². The minimum atomic E-state index is -0.865. The van der Waals surface area contributed by atoms with E-state index in [4.69, 9.17) is 5.11 Å². The fourth-order valence-corrected chi connectivity index (χ4v) is 1.59. The average Bonchev–Trinajstić information content (AvgIpc) is 2.14. The van der Waals surface area contributed by atoms with Crippen molar-refractivity contribution in [3.8, 4) is 0 Å². The van der Waals surface area contributed by atoms with Crippen LogP contribution in [0, 0.1) is 5.92 Å². The van der Waals surface area contributed by atoms with Gasteiger partial charge in [-0.3, -0.25) is 9.59 Å². The summed E-state index contributed by atoms with van der Waals surface area (Å²) >= 11 is 0. The number of carboxylic acids is 1. The number of carbonyl (C=O) groups excluding carboxylic acids is 1. The van der Waals surface area contributed by atoms with E-state index in [9.17, 15) is 9.59 Å². The Hall–Kier alpha value is -1.06. The van der Waals surface area contributed by atoms with Gasteiger partial charge in [-0.2, -0.15) is 0 Å². The lowest BCUT2D eigenvalue weighted by Crippen LogP contribution is -2.47. The van der Waals surface area contributed by atoms with E-state index in [1.807, 2.05) is 27.7 Å². The summed E-state index contributed by atoms with van der Waals surface area (Å²) in [6.07, 6.45) is 1.46. The number of aliphatic carboxylic acids is 1. The van der Waals surface area contributed by atoms with E-state index in [1.54, 1.807) is 4.90 Å². The second-order valence-electron chi connectivity index (χ2n) is 5.58. The molecule has 4 heteroatoms. The van der Waals surface area contributed by atoms with E-state index in [0.717, 1.165) is 6.42 Å². The number of hydrogen-bond donors (Lipinski definition) is 1. The molecule has 0 aromatic heterocycles. The summed E-state index contributed by atoms with van der Waals surface area (Å²) < 4.78 is 0. The van der Waals surface area contributed by atoms with Gasteiger partial charge in [0.25, 0.3) is 0 Å². The molecule has 0 bridgehead atoms. The van der Waals surface area contributed by atoms with Crippen LogP contribution in [0.3, 0.4) is 0 Å². The van der Waals surface area contributed by atoms with Crippen LogP contribution in [0.4, 0.5) is 0 Å². The summed E-state index contributed by atoms with van der Waals surface area (Å²) in [5.74, 6) is -0.471. The third-order valence-electron chi connectivity index (χ3n) is 2.88. The molecule has 0 aromatic carbocycles. The molecule has 0 heterocycles. The topological polar surface area (TPSA) is 57.6 Å². The Morgan fingerprint density at radius 1 is 1.29 bits per heavy atom. The lowest BCUT2D eigenvalue weighted by Gasteiger charge is -2.36. The highest BCUT2D eigenvalue weighted by Gasteiger charge is 2.27. The number of nitrogens with zero attached hydrogens (tertiary/aromatic N) is 1. The monoisotopic (exact) mass is 243 g/mol. The molecule has 0 saturated heterocycles. The molecule has 0 saturated carbocycles. The molecule has 0 radical (unpaired) electrons. The van der Waals surface area contributed by atoms with Crippen LogP contribution in [0.2, 0.25) is 0 Å². The maximum absolute atomic E-state index is 12.1. The maximum Gasteiger partial charge on any atom is 0.305 e. The van der Waals surface area contributed by atoms with Crippen molar-refractivity contribution in [2.75, 3.05) is 6.54 Å². The number of amides is 1. The highest BCUT2D eigenvalue weighted by atomic mass is 16.4. The van der Waals surface area contributed by atoms with Gasteiger partial charge in [-0.25, -0.2) is 0 Å². The van der Waals surface area contributed by atoms with Crippen molar-refractivity contribution in [2.45, 2.75) is 59.4 Å². The Morgan fingerprint density at radius 3 is 2.18 bits per heavy atom. The molecule has 0 aliphatic carbocycles.